The second kappa shape index (κ2) is 5.53. The maximum Gasteiger partial charge on any atom is 0.227 e. The first-order valence-corrected chi connectivity index (χ1v) is 4.45. The summed E-state index contributed by atoms with van der Waals surface area (Å²) < 4.78 is 9.95. The van der Waals surface area contributed by atoms with Crippen molar-refractivity contribution in [3.63, 3.8) is 0 Å². The van der Waals surface area contributed by atoms with Gasteiger partial charge in [-0.1, -0.05) is 5.16 Å². The van der Waals surface area contributed by atoms with Gasteiger partial charge in [-0.15, -0.1) is 12.4 Å². The zero-order valence-electron chi connectivity index (χ0n) is 8.05. The van der Waals surface area contributed by atoms with Crippen molar-refractivity contribution in [2.24, 2.45) is 5.73 Å². The van der Waals surface area contributed by atoms with E-state index >= 15 is 0 Å². The maximum absolute atomic E-state index is 5.37. The molecule has 0 saturated heterocycles. The third kappa shape index (κ3) is 2.81. The van der Waals surface area contributed by atoms with Crippen molar-refractivity contribution < 1.29 is 8.94 Å². The molecule has 0 aliphatic carbocycles. The molecule has 0 bridgehead atoms. The van der Waals surface area contributed by atoms with Crippen LogP contribution in [-0.4, -0.2) is 16.7 Å². The van der Waals surface area contributed by atoms with Crippen LogP contribution in [0.2, 0.25) is 0 Å². The van der Waals surface area contributed by atoms with Crippen LogP contribution >= 0.6 is 12.4 Å². The fourth-order valence-corrected chi connectivity index (χ4v) is 1.12. The number of hydrogen-bond donors (Lipinski definition) is 1. The van der Waals surface area contributed by atoms with E-state index < -0.39 is 0 Å². The summed E-state index contributed by atoms with van der Waals surface area (Å²) in [5.74, 6) is 1.18. The highest BCUT2D eigenvalue weighted by Crippen LogP contribution is 2.15. The molecule has 2 aromatic rings. The van der Waals surface area contributed by atoms with E-state index in [-0.39, 0.29) is 12.4 Å². The minimum absolute atomic E-state index is 0. The summed E-state index contributed by atoms with van der Waals surface area (Å²) in [5.41, 5.74) is 6.20. The van der Waals surface area contributed by atoms with Crippen LogP contribution in [0.4, 0.5) is 0 Å². The number of hydrogen-bond acceptors (Lipinski definition) is 5. The Hall–Kier alpha value is -1.33. The fourth-order valence-electron chi connectivity index (χ4n) is 1.12. The standard InChI is InChI=1S/C9H11N3O2.ClH/c10-4-1-2-8-11-9(12-14-8)7-3-5-13-6-7;/h3,5-6H,1-2,4,10H2;1H. The molecule has 2 aromatic heterocycles. The fraction of sp³-hybridized carbons (Fsp3) is 0.333. The minimum atomic E-state index is 0. The van der Waals surface area contributed by atoms with Gasteiger partial charge in [0.2, 0.25) is 11.7 Å². The van der Waals surface area contributed by atoms with Gasteiger partial charge in [-0.05, 0) is 19.0 Å². The lowest BCUT2D eigenvalue weighted by Crippen LogP contribution is -2.00. The average Bonchev–Trinajstić information content (AvgIpc) is 2.85. The first kappa shape index (κ1) is 11.7. The summed E-state index contributed by atoms with van der Waals surface area (Å²) >= 11 is 0. The lowest BCUT2D eigenvalue weighted by Gasteiger charge is -1.88. The Morgan fingerprint density at radius 1 is 1.40 bits per heavy atom. The molecule has 0 radical (unpaired) electrons. The summed E-state index contributed by atoms with van der Waals surface area (Å²) in [4.78, 5) is 4.20. The maximum atomic E-state index is 5.37. The van der Waals surface area contributed by atoms with Gasteiger partial charge in [0.05, 0.1) is 11.8 Å². The van der Waals surface area contributed by atoms with Crippen LogP contribution < -0.4 is 5.73 Å². The lowest BCUT2D eigenvalue weighted by molar-refractivity contribution is 0.376. The van der Waals surface area contributed by atoms with Gasteiger partial charge in [0.1, 0.15) is 6.26 Å². The highest BCUT2D eigenvalue weighted by Gasteiger charge is 2.08. The van der Waals surface area contributed by atoms with Gasteiger partial charge in [0.15, 0.2) is 0 Å². The van der Waals surface area contributed by atoms with E-state index in [4.69, 9.17) is 14.7 Å². The van der Waals surface area contributed by atoms with Crippen molar-refractivity contribution in [3.8, 4) is 11.4 Å². The molecule has 0 atom stereocenters. The molecular formula is C9H12ClN3O2. The van der Waals surface area contributed by atoms with Crippen LogP contribution in [0.5, 0.6) is 0 Å². The third-order valence-electron chi connectivity index (χ3n) is 1.84. The molecule has 2 N–H and O–H groups in total. The summed E-state index contributed by atoms with van der Waals surface area (Å²) in [6.45, 7) is 0.628. The van der Waals surface area contributed by atoms with E-state index in [0.717, 1.165) is 18.4 Å². The highest BCUT2D eigenvalue weighted by molar-refractivity contribution is 5.85. The van der Waals surface area contributed by atoms with Crippen LogP contribution in [-0.2, 0) is 6.42 Å². The van der Waals surface area contributed by atoms with Crippen molar-refractivity contribution in [2.75, 3.05) is 6.54 Å². The predicted octanol–water partition coefficient (Wildman–Crippen LogP) is 1.64. The molecule has 0 spiro atoms. The zero-order chi connectivity index (χ0) is 9.80. The number of nitrogens with zero attached hydrogens (tertiary/aromatic N) is 2. The molecule has 15 heavy (non-hydrogen) atoms. The van der Waals surface area contributed by atoms with E-state index in [9.17, 15) is 0 Å². The Bertz CT molecular complexity index is 386. The SMILES string of the molecule is Cl.NCCCc1nc(-c2ccoc2)no1. The normalized spacial score (nSPS) is 9.93. The Morgan fingerprint density at radius 2 is 2.27 bits per heavy atom. The van der Waals surface area contributed by atoms with E-state index in [1.165, 1.54) is 0 Å². The van der Waals surface area contributed by atoms with Crippen molar-refractivity contribution in [1.29, 1.82) is 0 Å². The van der Waals surface area contributed by atoms with Crippen molar-refractivity contribution in [2.45, 2.75) is 12.8 Å². The molecular weight excluding hydrogens is 218 g/mol. The van der Waals surface area contributed by atoms with Gasteiger partial charge in [0, 0.05) is 6.42 Å². The van der Waals surface area contributed by atoms with Crippen molar-refractivity contribution in [1.82, 2.24) is 10.1 Å². The Morgan fingerprint density at radius 3 is 2.93 bits per heavy atom. The van der Waals surface area contributed by atoms with Crippen LogP contribution in [0.3, 0.4) is 0 Å². The summed E-state index contributed by atoms with van der Waals surface area (Å²) in [7, 11) is 0. The Kier molecular flexibility index (Phi) is 4.33. The molecule has 0 amide bonds. The zero-order valence-corrected chi connectivity index (χ0v) is 8.87. The topological polar surface area (TPSA) is 78.1 Å². The summed E-state index contributed by atoms with van der Waals surface area (Å²) in [5, 5.41) is 3.82. The van der Waals surface area contributed by atoms with Gasteiger partial charge < -0.3 is 14.7 Å². The first-order chi connectivity index (χ1) is 6.90. The van der Waals surface area contributed by atoms with Gasteiger partial charge in [0.25, 0.3) is 0 Å². The van der Waals surface area contributed by atoms with E-state index in [0.29, 0.717) is 18.3 Å². The monoisotopic (exact) mass is 229 g/mol. The largest absolute Gasteiger partial charge is 0.472 e. The molecule has 2 heterocycles. The molecule has 0 aromatic carbocycles. The Labute approximate surface area is 93.1 Å². The highest BCUT2D eigenvalue weighted by atomic mass is 35.5. The van der Waals surface area contributed by atoms with E-state index in [1.54, 1.807) is 18.6 Å². The predicted molar refractivity (Wildman–Crippen MR) is 56.6 cm³/mol. The quantitative estimate of drug-likeness (QED) is 0.862. The first-order valence-electron chi connectivity index (χ1n) is 4.45. The molecule has 0 saturated carbocycles. The number of aromatic nitrogens is 2. The second-order valence-electron chi connectivity index (χ2n) is 2.92. The molecule has 0 aliphatic heterocycles. The summed E-state index contributed by atoms with van der Waals surface area (Å²) in [6, 6.07) is 1.79. The number of nitrogens with two attached hydrogens (primary N) is 1. The Balaban J connectivity index is 0.00000112. The van der Waals surface area contributed by atoms with Gasteiger partial charge in [-0.2, -0.15) is 4.98 Å². The number of furan rings is 1. The average molecular weight is 230 g/mol. The molecule has 2 rings (SSSR count). The molecule has 0 aliphatic rings. The second-order valence-corrected chi connectivity index (χ2v) is 2.92. The van der Waals surface area contributed by atoms with Crippen LogP contribution in [0.15, 0.2) is 27.5 Å². The third-order valence-corrected chi connectivity index (χ3v) is 1.84. The van der Waals surface area contributed by atoms with Gasteiger partial charge >= 0.3 is 0 Å². The smallest absolute Gasteiger partial charge is 0.227 e. The number of aryl methyl sites for hydroxylation is 1. The molecule has 5 nitrogen and oxygen atoms in total. The van der Waals surface area contributed by atoms with Crippen LogP contribution in [0, 0.1) is 0 Å². The minimum Gasteiger partial charge on any atom is -0.472 e. The van der Waals surface area contributed by atoms with Gasteiger partial charge in [-0.25, -0.2) is 0 Å². The number of rotatable bonds is 4. The summed E-state index contributed by atoms with van der Waals surface area (Å²) in [6.07, 6.45) is 4.73. The van der Waals surface area contributed by atoms with Crippen LogP contribution in [0.25, 0.3) is 11.4 Å². The molecule has 6 heteroatoms. The van der Waals surface area contributed by atoms with Crippen molar-refractivity contribution >= 4 is 12.4 Å². The molecule has 0 unspecified atom stereocenters. The lowest BCUT2D eigenvalue weighted by atomic mass is 10.3. The molecule has 0 fully saturated rings. The van der Waals surface area contributed by atoms with Crippen LogP contribution in [0.1, 0.15) is 12.3 Å². The molecule has 82 valence electrons. The van der Waals surface area contributed by atoms with E-state index in [1.807, 2.05) is 0 Å². The van der Waals surface area contributed by atoms with Gasteiger partial charge in [-0.3, -0.25) is 0 Å². The number of halogens is 1. The van der Waals surface area contributed by atoms with E-state index in [2.05, 4.69) is 10.1 Å². The van der Waals surface area contributed by atoms with Crippen molar-refractivity contribution in [3.05, 3.63) is 24.5 Å².